The topological polar surface area (TPSA) is 46.5 Å². The van der Waals surface area contributed by atoms with Crippen molar-refractivity contribution in [1.82, 2.24) is 0 Å². The van der Waals surface area contributed by atoms with Gasteiger partial charge in [0.05, 0.1) is 6.61 Å². The van der Waals surface area contributed by atoms with E-state index >= 15 is 0 Å². The van der Waals surface area contributed by atoms with E-state index in [1.807, 2.05) is 12.1 Å². The molecule has 20 heavy (non-hydrogen) atoms. The summed E-state index contributed by atoms with van der Waals surface area (Å²) in [6, 6.07) is 6.02. The molecule has 0 saturated carbocycles. The number of benzene rings is 1. The highest BCUT2D eigenvalue weighted by molar-refractivity contribution is 5.67. The minimum Gasteiger partial charge on any atom is -0.493 e. The molecule has 0 aromatic heterocycles. The van der Waals surface area contributed by atoms with E-state index in [4.69, 9.17) is 9.84 Å². The van der Waals surface area contributed by atoms with Crippen LogP contribution in [0.1, 0.15) is 52.2 Å². The summed E-state index contributed by atoms with van der Waals surface area (Å²) < 4.78 is 5.89. The van der Waals surface area contributed by atoms with E-state index < -0.39 is 5.97 Å². The van der Waals surface area contributed by atoms with Crippen LogP contribution in [0, 0.1) is 5.92 Å². The van der Waals surface area contributed by atoms with E-state index in [-0.39, 0.29) is 11.8 Å². The maximum Gasteiger partial charge on any atom is 0.303 e. The number of aliphatic carboxylic acids is 1. The van der Waals surface area contributed by atoms with Gasteiger partial charge in [0.25, 0.3) is 0 Å². The Bertz CT molecular complexity index is 456. The molecule has 112 valence electrons. The normalized spacial score (nSPS) is 11.7. The minimum atomic E-state index is -0.762. The molecule has 0 bridgehead atoms. The first-order valence-electron chi connectivity index (χ1n) is 7.18. The third-order valence-electron chi connectivity index (χ3n) is 3.05. The largest absolute Gasteiger partial charge is 0.493 e. The standard InChI is InChI=1S/C17H26O3/c1-12(2)11-20-15-8-6-13(7-9-16(18)19)10-14(15)17(3,4)5/h6,8,10,12H,7,9,11H2,1-5H3,(H,18,19). The molecular weight excluding hydrogens is 252 g/mol. The van der Waals surface area contributed by atoms with Gasteiger partial charge in [-0.3, -0.25) is 4.79 Å². The van der Waals surface area contributed by atoms with Crippen molar-refractivity contribution in [1.29, 1.82) is 0 Å². The minimum absolute atomic E-state index is 0.0223. The Morgan fingerprint density at radius 3 is 2.45 bits per heavy atom. The molecule has 0 saturated heterocycles. The molecule has 0 aliphatic rings. The molecule has 3 heteroatoms. The monoisotopic (exact) mass is 278 g/mol. The molecule has 0 aliphatic heterocycles. The molecule has 0 spiro atoms. The fourth-order valence-corrected chi connectivity index (χ4v) is 1.95. The Morgan fingerprint density at radius 2 is 1.95 bits per heavy atom. The van der Waals surface area contributed by atoms with Crippen LogP contribution in [0.4, 0.5) is 0 Å². The third-order valence-corrected chi connectivity index (χ3v) is 3.05. The SMILES string of the molecule is CC(C)COc1ccc(CCC(=O)O)cc1C(C)(C)C. The van der Waals surface area contributed by atoms with Crippen molar-refractivity contribution in [3.05, 3.63) is 29.3 Å². The molecule has 0 heterocycles. The molecule has 0 aliphatic carbocycles. The van der Waals surface area contributed by atoms with Gasteiger partial charge in [-0.1, -0.05) is 46.8 Å². The molecular formula is C17H26O3. The molecule has 0 unspecified atom stereocenters. The van der Waals surface area contributed by atoms with Gasteiger partial charge in [-0.05, 0) is 34.9 Å². The first-order chi connectivity index (χ1) is 9.20. The number of hydrogen-bond donors (Lipinski definition) is 1. The molecule has 0 amide bonds. The van der Waals surface area contributed by atoms with Crippen LogP contribution in [-0.2, 0) is 16.6 Å². The average molecular weight is 278 g/mol. The Labute approximate surface area is 122 Å². The lowest BCUT2D eigenvalue weighted by molar-refractivity contribution is -0.136. The predicted octanol–water partition coefficient (Wildman–Crippen LogP) is 4.04. The second-order valence-corrected chi connectivity index (χ2v) is 6.68. The number of ether oxygens (including phenoxy) is 1. The highest BCUT2D eigenvalue weighted by Gasteiger charge is 2.20. The van der Waals surface area contributed by atoms with Crippen molar-refractivity contribution in [2.24, 2.45) is 5.92 Å². The summed E-state index contributed by atoms with van der Waals surface area (Å²) in [4.78, 5) is 10.7. The number of aryl methyl sites for hydroxylation is 1. The smallest absolute Gasteiger partial charge is 0.303 e. The fourth-order valence-electron chi connectivity index (χ4n) is 1.95. The van der Waals surface area contributed by atoms with Crippen molar-refractivity contribution in [2.45, 2.75) is 52.9 Å². The van der Waals surface area contributed by atoms with Gasteiger partial charge in [0.15, 0.2) is 0 Å². The van der Waals surface area contributed by atoms with Gasteiger partial charge >= 0.3 is 5.97 Å². The van der Waals surface area contributed by atoms with Crippen LogP contribution in [0.3, 0.4) is 0 Å². The molecule has 0 fully saturated rings. The predicted molar refractivity (Wildman–Crippen MR) is 81.4 cm³/mol. The summed E-state index contributed by atoms with van der Waals surface area (Å²) in [5.41, 5.74) is 2.17. The van der Waals surface area contributed by atoms with Crippen LogP contribution in [-0.4, -0.2) is 17.7 Å². The third kappa shape index (κ3) is 5.24. The molecule has 3 nitrogen and oxygen atoms in total. The maximum atomic E-state index is 10.7. The molecule has 1 rings (SSSR count). The zero-order chi connectivity index (χ0) is 15.3. The lowest BCUT2D eigenvalue weighted by Crippen LogP contribution is -2.15. The highest BCUT2D eigenvalue weighted by atomic mass is 16.5. The van der Waals surface area contributed by atoms with E-state index in [0.717, 1.165) is 16.9 Å². The van der Waals surface area contributed by atoms with E-state index in [0.29, 0.717) is 18.9 Å². The molecule has 1 aromatic carbocycles. The highest BCUT2D eigenvalue weighted by Crippen LogP contribution is 2.32. The Balaban J connectivity index is 2.97. The van der Waals surface area contributed by atoms with Gasteiger partial charge in [-0.15, -0.1) is 0 Å². The van der Waals surface area contributed by atoms with Crippen LogP contribution in [0.25, 0.3) is 0 Å². The molecule has 0 atom stereocenters. The van der Waals surface area contributed by atoms with E-state index in [1.165, 1.54) is 0 Å². The number of carboxylic acids is 1. The van der Waals surface area contributed by atoms with Gasteiger partial charge in [0.1, 0.15) is 5.75 Å². The molecule has 1 N–H and O–H groups in total. The van der Waals surface area contributed by atoms with Crippen molar-refractivity contribution in [2.75, 3.05) is 6.61 Å². The van der Waals surface area contributed by atoms with Gasteiger partial charge in [-0.25, -0.2) is 0 Å². The summed E-state index contributed by atoms with van der Waals surface area (Å²) in [6.07, 6.45) is 0.721. The Morgan fingerprint density at radius 1 is 1.30 bits per heavy atom. The van der Waals surface area contributed by atoms with E-state index in [2.05, 4.69) is 40.7 Å². The lowest BCUT2D eigenvalue weighted by Gasteiger charge is -2.24. The van der Waals surface area contributed by atoms with Crippen LogP contribution in [0.15, 0.2) is 18.2 Å². The second-order valence-electron chi connectivity index (χ2n) is 6.68. The summed E-state index contributed by atoms with van der Waals surface area (Å²) in [6.45, 7) is 11.4. The zero-order valence-electron chi connectivity index (χ0n) is 13.2. The van der Waals surface area contributed by atoms with Gasteiger partial charge in [0.2, 0.25) is 0 Å². The second kappa shape index (κ2) is 6.78. The van der Waals surface area contributed by atoms with Crippen LogP contribution in [0.5, 0.6) is 5.75 Å². The lowest BCUT2D eigenvalue weighted by atomic mass is 9.85. The summed E-state index contributed by atoms with van der Waals surface area (Å²) in [5.74, 6) is 0.627. The maximum absolute atomic E-state index is 10.7. The van der Waals surface area contributed by atoms with Crippen molar-refractivity contribution in [3.63, 3.8) is 0 Å². The van der Waals surface area contributed by atoms with Crippen molar-refractivity contribution in [3.8, 4) is 5.75 Å². The van der Waals surface area contributed by atoms with Crippen molar-refractivity contribution >= 4 is 5.97 Å². The van der Waals surface area contributed by atoms with Gasteiger partial charge in [-0.2, -0.15) is 0 Å². The van der Waals surface area contributed by atoms with Crippen molar-refractivity contribution < 1.29 is 14.6 Å². The number of hydrogen-bond acceptors (Lipinski definition) is 2. The van der Waals surface area contributed by atoms with Crippen LogP contribution >= 0.6 is 0 Å². The van der Waals surface area contributed by atoms with E-state index in [9.17, 15) is 4.79 Å². The number of carbonyl (C=O) groups is 1. The quantitative estimate of drug-likeness (QED) is 0.854. The van der Waals surface area contributed by atoms with Gasteiger partial charge in [0, 0.05) is 6.42 Å². The first-order valence-corrected chi connectivity index (χ1v) is 7.18. The average Bonchev–Trinajstić information content (AvgIpc) is 2.33. The van der Waals surface area contributed by atoms with E-state index in [1.54, 1.807) is 0 Å². The van der Waals surface area contributed by atoms with Crippen LogP contribution < -0.4 is 4.74 Å². The zero-order valence-corrected chi connectivity index (χ0v) is 13.2. The first kappa shape index (κ1) is 16.5. The summed E-state index contributed by atoms with van der Waals surface area (Å²) >= 11 is 0. The molecule has 1 aromatic rings. The number of carboxylic acid groups (broad SMARTS) is 1. The van der Waals surface area contributed by atoms with Crippen LogP contribution in [0.2, 0.25) is 0 Å². The Kier molecular flexibility index (Phi) is 5.61. The summed E-state index contributed by atoms with van der Waals surface area (Å²) in [5, 5.41) is 8.78. The fraction of sp³-hybridized carbons (Fsp3) is 0.588. The summed E-state index contributed by atoms with van der Waals surface area (Å²) in [7, 11) is 0. The van der Waals surface area contributed by atoms with Gasteiger partial charge < -0.3 is 9.84 Å². The Hall–Kier alpha value is -1.51. The number of rotatable bonds is 6. The molecule has 0 radical (unpaired) electrons.